The summed E-state index contributed by atoms with van der Waals surface area (Å²) in [6.07, 6.45) is 11.3. The number of benzene rings is 2. The molecule has 2 rings (SSSR count). The van der Waals surface area contributed by atoms with Gasteiger partial charge >= 0.3 is 0 Å². The number of ketones is 2. The van der Waals surface area contributed by atoms with Crippen molar-refractivity contribution in [2.75, 3.05) is 104 Å². The Labute approximate surface area is 494 Å². The fourth-order valence-corrected chi connectivity index (χ4v) is 9.66. The van der Waals surface area contributed by atoms with Gasteiger partial charge in [-0.05, 0) is 141 Å². The summed E-state index contributed by atoms with van der Waals surface area (Å²) in [5.74, 6) is -2.11. The maximum absolute atomic E-state index is 14.9. The van der Waals surface area contributed by atoms with Gasteiger partial charge in [0.25, 0.3) is 0 Å². The highest BCUT2D eigenvalue weighted by molar-refractivity contribution is 7.80. The summed E-state index contributed by atoms with van der Waals surface area (Å²) in [6, 6.07) is 17.4. The highest BCUT2D eigenvalue weighted by atomic mass is 32.1. The van der Waals surface area contributed by atoms with Gasteiger partial charge in [0.15, 0.2) is 0 Å². The highest BCUT2D eigenvalue weighted by Crippen LogP contribution is 2.23. The maximum Gasteiger partial charge on any atom is 0.243 e. The second kappa shape index (κ2) is 43.9. The minimum atomic E-state index is -0.656. The molecule has 20 nitrogen and oxygen atoms in total. The Morgan fingerprint density at radius 2 is 0.768 bits per heavy atom. The van der Waals surface area contributed by atoms with Gasteiger partial charge < -0.3 is 57.7 Å². The molecule has 0 radical (unpaired) electrons. The summed E-state index contributed by atoms with van der Waals surface area (Å²) >= 11 is 4.07. The van der Waals surface area contributed by atoms with Crippen molar-refractivity contribution in [2.45, 2.75) is 155 Å². The number of carbonyl (C=O) groups is 9. The van der Waals surface area contributed by atoms with Crippen LogP contribution in [0.25, 0.3) is 0 Å². The third-order valence-corrected chi connectivity index (χ3v) is 14.7. The van der Waals surface area contributed by atoms with Gasteiger partial charge in [-0.3, -0.25) is 43.2 Å². The number of thiol groups is 1. The molecule has 0 bridgehead atoms. The van der Waals surface area contributed by atoms with E-state index >= 15 is 0 Å². The van der Waals surface area contributed by atoms with Gasteiger partial charge in [-0.25, -0.2) is 0 Å². The topological polar surface area (TPSA) is 289 Å². The van der Waals surface area contributed by atoms with Crippen molar-refractivity contribution < 1.29 is 43.2 Å². The summed E-state index contributed by atoms with van der Waals surface area (Å²) in [5.41, 5.74) is 25.0. The van der Waals surface area contributed by atoms with Crippen LogP contribution in [0.2, 0.25) is 0 Å². The lowest BCUT2D eigenvalue weighted by Gasteiger charge is -2.35. The molecule has 2 atom stereocenters. The molecule has 0 aliphatic rings. The fourth-order valence-electron chi connectivity index (χ4n) is 9.46. The molecule has 0 saturated heterocycles. The number of hydrogen-bond acceptors (Lipinski definition) is 14. The lowest BCUT2D eigenvalue weighted by atomic mass is 10.0. The van der Waals surface area contributed by atoms with Gasteiger partial charge in [-0.1, -0.05) is 79.9 Å². The van der Waals surface area contributed by atoms with E-state index in [4.69, 9.17) is 22.9 Å². The molecule has 2 aromatic carbocycles. The van der Waals surface area contributed by atoms with Crippen LogP contribution in [-0.4, -0.2) is 186 Å². The van der Waals surface area contributed by atoms with Crippen molar-refractivity contribution >= 4 is 65.5 Å². The van der Waals surface area contributed by atoms with Gasteiger partial charge in [-0.2, -0.15) is 12.6 Å². The summed E-state index contributed by atoms with van der Waals surface area (Å²) in [5, 5.41) is 2.85. The summed E-state index contributed by atoms with van der Waals surface area (Å²) in [7, 11) is 0. The molecule has 0 heterocycles. The third kappa shape index (κ3) is 30.0. The highest BCUT2D eigenvalue weighted by Gasteiger charge is 2.32. The zero-order chi connectivity index (χ0) is 60.5. The van der Waals surface area contributed by atoms with Crippen LogP contribution in [0.3, 0.4) is 0 Å². The molecule has 0 saturated carbocycles. The minimum Gasteiger partial charge on any atom is -0.356 e. The standard InChI is InChI=1S/C61H101N11O9S/c1-49(73)43-71(50(2)52-25-9-6-10-26-52)60(80)46-70(41-24-19-36-65)59(79)48-72(51(3)53-27-11-7-12-28-53)61(81)47-69(40-23-18-35-64)58(78)45-68(39-22-17-34-63)57(77)44-67(38-21-16-33-62)56(76)31-15-5-4-13-29-54(74)30-14-8-20-37-66-55(75)32-42-82/h6-7,9-12,25-28,50-51,82H,4-5,8,13-24,29-48,62-65H2,1-3H3,(H,66,75)/t50-,51-/m0/s1. The third-order valence-electron chi connectivity index (χ3n) is 14.5. The summed E-state index contributed by atoms with van der Waals surface area (Å²) < 4.78 is 0. The van der Waals surface area contributed by atoms with E-state index in [-0.39, 0.29) is 75.6 Å². The molecule has 460 valence electrons. The second-order valence-corrected chi connectivity index (χ2v) is 21.7. The number of amides is 7. The van der Waals surface area contributed by atoms with Crippen molar-refractivity contribution in [1.29, 1.82) is 0 Å². The van der Waals surface area contributed by atoms with Crippen molar-refractivity contribution in [3.63, 3.8) is 0 Å². The second-order valence-electron chi connectivity index (χ2n) is 21.3. The van der Waals surface area contributed by atoms with Crippen molar-refractivity contribution in [2.24, 2.45) is 22.9 Å². The van der Waals surface area contributed by atoms with E-state index in [1.54, 1.807) is 6.92 Å². The van der Waals surface area contributed by atoms with Crippen LogP contribution in [0.1, 0.15) is 166 Å². The molecule has 2 aromatic rings. The Balaban J connectivity index is 2.31. The van der Waals surface area contributed by atoms with Crippen molar-refractivity contribution in [3.05, 3.63) is 71.8 Å². The van der Waals surface area contributed by atoms with Gasteiger partial charge in [0.05, 0.1) is 44.8 Å². The molecule has 21 heteroatoms. The maximum atomic E-state index is 14.9. The van der Waals surface area contributed by atoms with E-state index in [0.29, 0.717) is 122 Å². The first-order valence-electron chi connectivity index (χ1n) is 30.0. The number of nitrogens with one attached hydrogen (secondary N) is 1. The molecule has 0 spiro atoms. The molecule has 0 aliphatic carbocycles. The average molecular weight is 1160 g/mol. The summed E-state index contributed by atoms with van der Waals surface area (Å²) in [6.45, 7) is 5.90. The molecule has 0 aliphatic heterocycles. The smallest absolute Gasteiger partial charge is 0.243 e. The number of rotatable bonds is 47. The van der Waals surface area contributed by atoms with Crippen LogP contribution in [-0.2, 0) is 43.2 Å². The van der Waals surface area contributed by atoms with Crippen LogP contribution in [0.15, 0.2) is 60.7 Å². The number of carbonyl (C=O) groups excluding carboxylic acids is 9. The Morgan fingerprint density at radius 3 is 1.16 bits per heavy atom. The van der Waals surface area contributed by atoms with Crippen LogP contribution < -0.4 is 28.3 Å². The molecular formula is C61H101N11O9S. The molecule has 0 aromatic heterocycles. The normalized spacial score (nSPS) is 11.8. The Kier molecular flexibility index (Phi) is 38.7. The Hall–Kier alpha value is -5.74. The minimum absolute atomic E-state index is 0.0136. The van der Waals surface area contributed by atoms with E-state index < -0.39 is 54.7 Å². The lowest BCUT2D eigenvalue weighted by molar-refractivity contribution is -0.149. The van der Waals surface area contributed by atoms with E-state index in [1.165, 1.54) is 36.3 Å². The summed E-state index contributed by atoms with van der Waals surface area (Å²) in [4.78, 5) is 132. The molecule has 9 N–H and O–H groups in total. The fraction of sp³-hybridized carbons (Fsp3) is 0.656. The van der Waals surface area contributed by atoms with E-state index in [0.717, 1.165) is 49.7 Å². The molecular weight excluding hydrogens is 1060 g/mol. The average Bonchev–Trinajstić information content (AvgIpc) is 3.50. The quantitative estimate of drug-likeness (QED) is 0.0379. The van der Waals surface area contributed by atoms with Gasteiger partial charge in [0, 0.05) is 58.4 Å². The van der Waals surface area contributed by atoms with E-state index in [9.17, 15) is 43.2 Å². The first-order chi connectivity index (χ1) is 39.5. The van der Waals surface area contributed by atoms with Gasteiger partial charge in [-0.15, -0.1) is 0 Å². The van der Waals surface area contributed by atoms with Gasteiger partial charge in [0.1, 0.15) is 18.1 Å². The first kappa shape index (κ1) is 72.4. The van der Waals surface area contributed by atoms with Crippen molar-refractivity contribution in [1.82, 2.24) is 34.7 Å². The zero-order valence-corrected chi connectivity index (χ0v) is 50.7. The van der Waals surface area contributed by atoms with E-state index in [2.05, 4.69) is 17.9 Å². The molecule has 0 fully saturated rings. The number of Topliss-reactive ketones (excluding diaryl/α,β-unsaturated/α-hetero) is 2. The number of nitrogens with two attached hydrogens (primary N) is 4. The molecule has 7 amide bonds. The number of hydrogen-bond donors (Lipinski definition) is 6. The largest absolute Gasteiger partial charge is 0.356 e. The first-order valence-corrected chi connectivity index (χ1v) is 30.6. The number of nitrogens with zero attached hydrogens (tertiary/aromatic N) is 6. The van der Waals surface area contributed by atoms with Crippen LogP contribution in [0.5, 0.6) is 0 Å². The molecule has 0 unspecified atom stereocenters. The Morgan fingerprint density at radius 1 is 0.415 bits per heavy atom. The zero-order valence-electron chi connectivity index (χ0n) is 49.8. The van der Waals surface area contributed by atoms with Crippen molar-refractivity contribution in [3.8, 4) is 0 Å². The van der Waals surface area contributed by atoms with Gasteiger partial charge in [0.2, 0.25) is 41.4 Å². The monoisotopic (exact) mass is 1160 g/mol. The molecule has 82 heavy (non-hydrogen) atoms. The SMILES string of the molecule is CC(=O)CN(C(=O)CN(CCCCN)C(=O)CN(C(=O)CN(CCCCN)C(=O)CN(CCCCN)C(=O)CN(CCCCN)C(=O)CCCCCCC(=O)CCCCCNC(=O)CCS)[C@@H](C)c1ccccc1)[C@@H](C)c1ccccc1. The number of unbranched alkanes of at least 4 members (excludes halogenated alkanes) is 9. The predicted octanol–water partition coefficient (Wildman–Crippen LogP) is 4.93. The van der Waals surface area contributed by atoms with Crippen LogP contribution in [0, 0.1) is 0 Å². The van der Waals surface area contributed by atoms with Crippen LogP contribution >= 0.6 is 12.6 Å². The predicted molar refractivity (Wildman–Crippen MR) is 326 cm³/mol. The Bertz CT molecular complexity index is 2190. The van der Waals surface area contributed by atoms with Crippen LogP contribution in [0.4, 0.5) is 0 Å². The van der Waals surface area contributed by atoms with E-state index in [1.807, 2.05) is 67.6 Å². The lowest BCUT2D eigenvalue weighted by Crippen LogP contribution is -2.52.